The predicted molar refractivity (Wildman–Crippen MR) is 204 cm³/mol. The van der Waals surface area contributed by atoms with Crippen LogP contribution in [0.5, 0.6) is 0 Å². The van der Waals surface area contributed by atoms with E-state index < -0.39 is 0 Å². The third-order valence-corrected chi connectivity index (χ3v) is 9.56. The second-order valence-corrected chi connectivity index (χ2v) is 15.7. The molecule has 4 aromatic carbocycles. The molecule has 0 fully saturated rings. The Morgan fingerprint density at radius 1 is 0.673 bits per heavy atom. The van der Waals surface area contributed by atoms with Crippen LogP contribution < -0.4 is 4.90 Å². The molecule has 0 saturated heterocycles. The molecule has 3 nitrogen and oxygen atoms in total. The summed E-state index contributed by atoms with van der Waals surface area (Å²) in [6.07, 6.45) is 3.90. The SMILES string of the molecule is CC(C)(C)c1c[c-]c(-c2ccc(C(C)(C)C)cn2)cc1.CN(C)c1ccc2ccc3c(c2c1)C(C)(C)c1c-3ccnc1-c1[c-]cccc1.[Ir]. The quantitative estimate of drug-likeness (QED) is 0.167. The van der Waals surface area contributed by atoms with E-state index in [0.29, 0.717) is 0 Å². The van der Waals surface area contributed by atoms with Gasteiger partial charge >= 0.3 is 0 Å². The Bertz CT molecular complexity index is 2010. The van der Waals surface area contributed by atoms with Crippen molar-refractivity contribution >= 4 is 16.5 Å². The molecule has 1 aliphatic carbocycles. The van der Waals surface area contributed by atoms with Crippen LogP contribution in [0.2, 0.25) is 0 Å². The van der Waals surface area contributed by atoms with Crippen LogP contribution in [0.15, 0.2) is 103 Å². The minimum absolute atomic E-state index is 0. The first-order valence-electron chi connectivity index (χ1n) is 16.9. The molecule has 1 aliphatic rings. The van der Waals surface area contributed by atoms with Gasteiger partial charge in [-0.3, -0.25) is 0 Å². The van der Waals surface area contributed by atoms with Crippen molar-refractivity contribution in [2.24, 2.45) is 0 Å². The zero-order chi connectivity index (χ0) is 34.4. The molecular weight excluding hydrogens is 775 g/mol. The number of fused-ring (bicyclic) bond motifs is 5. The zero-order valence-corrected chi connectivity index (χ0v) is 32.9. The first-order chi connectivity index (χ1) is 22.7. The first-order valence-corrected chi connectivity index (χ1v) is 16.9. The molecule has 0 bridgehead atoms. The number of hydrogen-bond acceptors (Lipinski definition) is 3. The Labute approximate surface area is 307 Å². The Kier molecular flexibility index (Phi) is 10.1. The Morgan fingerprint density at radius 2 is 1.37 bits per heavy atom. The Morgan fingerprint density at radius 3 is 1.96 bits per heavy atom. The summed E-state index contributed by atoms with van der Waals surface area (Å²) in [5, 5.41) is 2.61. The third kappa shape index (κ3) is 7.14. The van der Waals surface area contributed by atoms with Gasteiger partial charge in [-0.15, -0.1) is 71.3 Å². The summed E-state index contributed by atoms with van der Waals surface area (Å²) in [5.41, 5.74) is 13.4. The van der Waals surface area contributed by atoms with Crippen molar-refractivity contribution in [1.29, 1.82) is 0 Å². The molecule has 0 amide bonds. The van der Waals surface area contributed by atoms with Gasteiger partial charge < -0.3 is 14.9 Å². The van der Waals surface area contributed by atoms with Crippen molar-refractivity contribution in [3.8, 4) is 33.6 Å². The average Bonchev–Trinajstić information content (AvgIpc) is 3.31. The second kappa shape index (κ2) is 13.7. The second-order valence-electron chi connectivity index (χ2n) is 15.7. The third-order valence-electron chi connectivity index (χ3n) is 9.56. The maximum atomic E-state index is 4.79. The van der Waals surface area contributed by atoms with Gasteiger partial charge in [0.1, 0.15) is 0 Å². The maximum Gasteiger partial charge on any atom is 0.0367 e. The van der Waals surface area contributed by atoms with Gasteiger partial charge in [-0.05, 0) is 79.0 Å². The summed E-state index contributed by atoms with van der Waals surface area (Å²) in [6, 6.07) is 38.9. The minimum Gasteiger partial charge on any atom is -0.378 e. The van der Waals surface area contributed by atoms with Gasteiger partial charge in [0.2, 0.25) is 0 Å². The number of rotatable bonds is 3. The molecule has 253 valence electrons. The van der Waals surface area contributed by atoms with Crippen molar-refractivity contribution in [1.82, 2.24) is 9.97 Å². The maximum absolute atomic E-state index is 4.79. The van der Waals surface area contributed by atoms with E-state index in [0.717, 1.165) is 22.5 Å². The minimum atomic E-state index is -0.137. The number of anilines is 1. The van der Waals surface area contributed by atoms with Crippen LogP contribution in [-0.2, 0) is 36.4 Å². The molecule has 0 aliphatic heterocycles. The van der Waals surface area contributed by atoms with Crippen LogP contribution in [0.25, 0.3) is 44.4 Å². The largest absolute Gasteiger partial charge is 0.378 e. The summed E-state index contributed by atoms with van der Waals surface area (Å²) in [6.45, 7) is 17.9. The van der Waals surface area contributed by atoms with E-state index in [1.807, 2.05) is 24.5 Å². The zero-order valence-electron chi connectivity index (χ0n) is 30.5. The van der Waals surface area contributed by atoms with Gasteiger partial charge in [0.15, 0.2) is 0 Å². The number of benzene rings is 4. The predicted octanol–water partition coefficient (Wildman–Crippen LogP) is 11.2. The number of hydrogen-bond donors (Lipinski definition) is 0. The normalized spacial score (nSPS) is 13.1. The molecule has 6 aromatic rings. The summed E-state index contributed by atoms with van der Waals surface area (Å²) in [5.74, 6) is 0. The number of aromatic nitrogens is 2. The van der Waals surface area contributed by atoms with Gasteiger partial charge in [0, 0.05) is 57.7 Å². The monoisotopic (exact) mass is 822 g/mol. The molecule has 2 aromatic heterocycles. The van der Waals surface area contributed by atoms with Crippen molar-refractivity contribution in [2.75, 3.05) is 19.0 Å². The van der Waals surface area contributed by atoms with E-state index in [1.54, 1.807) is 0 Å². The Balaban J connectivity index is 0.000000199. The summed E-state index contributed by atoms with van der Waals surface area (Å²) in [7, 11) is 4.19. The van der Waals surface area contributed by atoms with E-state index >= 15 is 0 Å². The van der Waals surface area contributed by atoms with E-state index in [2.05, 4.69) is 170 Å². The molecule has 49 heavy (non-hydrogen) atoms. The summed E-state index contributed by atoms with van der Waals surface area (Å²) in [4.78, 5) is 11.5. The van der Waals surface area contributed by atoms with Gasteiger partial charge in [-0.2, -0.15) is 0 Å². The fourth-order valence-corrected chi connectivity index (χ4v) is 6.72. The molecule has 0 spiro atoms. The standard InChI is InChI=1S/C26H23N2.C19H24N.Ir/c1-26(2)23-20(13-11-17-10-12-19(28(3)4)16-22(17)23)21-14-15-27-25(24(21)26)18-8-6-5-7-9-18;1-18(2,3)15-9-7-14(8-10-15)17-12-11-16(13-20-17)19(4,5)6;/h5-8,10-16H,1-4H3;7,9-13H,1-6H3;/q2*-1;. The van der Waals surface area contributed by atoms with Crippen molar-refractivity contribution < 1.29 is 20.1 Å². The van der Waals surface area contributed by atoms with Gasteiger partial charge in [-0.1, -0.05) is 85.7 Å². The van der Waals surface area contributed by atoms with E-state index in [9.17, 15) is 0 Å². The van der Waals surface area contributed by atoms with E-state index in [4.69, 9.17) is 4.98 Å². The van der Waals surface area contributed by atoms with Crippen LogP contribution in [-0.4, -0.2) is 24.1 Å². The Hall–Kier alpha value is -4.11. The molecular formula is C45H47IrN3-2. The first kappa shape index (κ1) is 36.2. The van der Waals surface area contributed by atoms with Gasteiger partial charge in [-0.25, -0.2) is 0 Å². The molecule has 7 rings (SSSR count). The number of pyridine rings is 2. The van der Waals surface area contributed by atoms with E-state index in [1.165, 1.54) is 49.8 Å². The smallest absolute Gasteiger partial charge is 0.0367 e. The van der Waals surface area contributed by atoms with Gasteiger partial charge in [0.25, 0.3) is 0 Å². The molecule has 1 radical (unpaired) electrons. The van der Waals surface area contributed by atoms with E-state index in [-0.39, 0.29) is 36.4 Å². The van der Waals surface area contributed by atoms with Crippen molar-refractivity contribution in [3.63, 3.8) is 0 Å². The van der Waals surface area contributed by atoms with Crippen LogP contribution in [0.1, 0.15) is 77.6 Å². The molecule has 0 N–H and O–H groups in total. The topological polar surface area (TPSA) is 29.0 Å². The molecule has 0 saturated carbocycles. The fraction of sp³-hybridized carbons (Fsp3) is 0.289. The van der Waals surface area contributed by atoms with Crippen molar-refractivity contribution in [3.05, 3.63) is 138 Å². The summed E-state index contributed by atoms with van der Waals surface area (Å²) < 4.78 is 0. The fourth-order valence-electron chi connectivity index (χ4n) is 6.72. The van der Waals surface area contributed by atoms with Crippen LogP contribution in [0, 0.1) is 12.1 Å². The molecule has 2 heterocycles. The van der Waals surface area contributed by atoms with Crippen molar-refractivity contribution in [2.45, 2.75) is 71.6 Å². The summed E-state index contributed by atoms with van der Waals surface area (Å²) >= 11 is 0. The van der Waals surface area contributed by atoms with Crippen LogP contribution in [0.4, 0.5) is 5.69 Å². The molecule has 0 atom stereocenters. The van der Waals surface area contributed by atoms with Crippen LogP contribution in [0.3, 0.4) is 0 Å². The number of nitrogens with zero attached hydrogens (tertiary/aromatic N) is 3. The molecule has 4 heteroatoms. The van der Waals surface area contributed by atoms with Crippen LogP contribution >= 0.6 is 0 Å². The molecule has 0 unspecified atom stereocenters. The average molecular weight is 822 g/mol. The van der Waals surface area contributed by atoms with Gasteiger partial charge in [0.05, 0.1) is 0 Å².